The van der Waals surface area contributed by atoms with E-state index in [0.717, 1.165) is 12.8 Å². The molecule has 1 aromatic carbocycles. The molecule has 1 aromatic rings. The summed E-state index contributed by atoms with van der Waals surface area (Å²) in [5, 5.41) is 24.1. The van der Waals surface area contributed by atoms with Crippen LogP contribution in [0.15, 0.2) is 18.2 Å². The van der Waals surface area contributed by atoms with Crippen LogP contribution >= 0.6 is 0 Å². The highest BCUT2D eigenvalue weighted by Crippen LogP contribution is 2.28. The van der Waals surface area contributed by atoms with Crippen molar-refractivity contribution in [2.75, 3.05) is 0 Å². The number of carbonyl (C=O) groups is 2. The fourth-order valence-electron chi connectivity index (χ4n) is 1.61. The SMILES string of the molecule is CC(NC(=O)c1cccc(O)c1O)C(=O)NC1CC1. The Hall–Kier alpha value is -2.24. The van der Waals surface area contributed by atoms with Crippen LogP contribution in [0.3, 0.4) is 0 Å². The molecule has 6 heteroatoms. The standard InChI is InChI=1S/C13H16N2O4/c1-7(12(18)15-8-5-6-8)14-13(19)9-3-2-4-10(16)11(9)17/h2-4,7-8,16-17H,5-6H2,1H3,(H,14,19)(H,15,18). The van der Waals surface area contributed by atoms with Gasteiger partial charge in [0.25, 0.3) is 5.91 Å². The summed E-state index contributed by atoms with van der Waals surface area (Å²) in [6.07, 6.45) is 1.94. The molecule has 19 heavy (non-hydrogen) atoms. The van der Waals surface area contributed by atoms with Gasteiger partial charge in [-0.3, -0.25) is 9.59 Å². The van der Waals surface area contributed by atoms with E-state index in [2.05, 4.69) is 10.6 Å². The zero-order valence-corrected chi connectivity index (χ0v) is 10.5. The normalized spacial score (nSPS) is 15.6. The van der Waals surface area contributed by atoms with Crippen molar-refractivity contribution in [2.24, 2.45) is 0 Å². The van der Waals surface area contributed by atoms with E-state index in [4.69, 9.17) is 0 Å². The number of phenolic OH excluding ortho intramolecular Hbond substituents is 2. The first-order valence-corrected chi connectivity index (χ1v) is 6.11. The third-order valence-corrected chi connectivity index (χ3v) is 2.92. The lowest BCUT2D eigenvalue weighted by Gasteiger charge is -2.14. The number of rotatable bonds is 4. The molecule has 2 amide bonds. The molecule has 0 bridgehead atoms. The molecule has 102 valence electrons. The molecule has 1 unspecified atom stereocenters. The van der Waals surface area contributed by atoms with E-state index in [1.165, 1.54) is 18.2 Å². The van der Waals surface area contributed by atoms with Crippen molar-refractivity contribution in [2.45, 2.75) is 31.8 Å². The quantitative estimate of drug-likeness (QED) is 0.595. The number of carbonyl (C=O) groups excluding carboxylic acids is 2. The number of aromatic hydroxyl groups is 2. The second kappa shape index (κ2) is 5.17. The van der Waals surface area contributed by atoms with E-state index in [1.807, 2.05) is 0 Å². The van der Waals surface area contributed by atoms with Crippen molar-refractivity contribution in [1.82, 2.24) is 10.6 Å². The first-order chi connectivity index (χ1) is 8.99. The summed E-state index contributed by atoms with van der Waals surface area (Å²) >= 11 is 0. The van der Waals surface area contributed by atoms with E-state index >= 15 is 0 Å². The van der Waals surface area contributed by atoms with Crippen LogP contribution in [0.1, 0.15) is 30.1 Å². The number of amides is 2. The largest absolute Gasteiger partial charge is 0.504 e. The summed E-state index contributed by atoms with van der Waals surface area (Å²) in [6, 6.07) is 3.61. The lowest BCUT2D eigenvalue weighted by molar-refractivity contribution is -0.122. The molecular formula is C13H16N2O4. The molecule has 6 nitrogen and oxygen atoms in total. The van der Waals surface area contributed by atoms with Crippen molar-refractivity contribution in [1.29, 1.82) is 0 Å². The summed E-state index contributed by atoms with van der Waals surface area (Å²) < 4.78 is 0. The third-order valence-electron chi connectivity index (χ3n) is 2.92. The van der Waals surface area contributed by atoms with Gasteiger partial charge in [-0.1, -0.05) is 6.07 Å². The van der Waals surface area contributed by atoms with Crippen molar-refractivity contribution >= 4 is 11.8 Å². The maximum atomic E-state index is 11.9. The minimum Gasteiger partial charge on any atom is -0.504 e. The van der Waals surface area contributed by atoms with Gasteiger partial charge in [-0.25, -0.2) is 0 Å². The summed E-state index contributed by atoms with van der Waals surface area (Å²) in [4.78, 5) is 23.5. The second-order valence-electron chi connectivity index (χ2n) is 4.65. The van der Waals surface area contributed by atoms with Gasteiger partial charge in [0.05, 0.1) is 5.56 Å². The van der Waals surface area contributed by atoms with E-state index in [1.54, 1.807) is 6.92 Å². The molecule has 0 saturated heterocycles. The summed E-state index contributed by atoms with van der Waals surface area (Å²) in [7, 11) is 0. The number of hydrogen-bond donors (Lipinski definition) is 4. The van der Waals surface area contributed by atoms with E-state index in [-0.39, 0.29) is 23.3 Å². The number of hydrogen-bond acceptors (Lipinski definition) is 4. The van der Waals surface area contributed by atoms with Crippen molar-refractivity contribution in [3.05, 3.63) is 23.8 Å². The van der Waals surface area contributed by atoms with Crippen molar-refractivity contribution in [3.8, 4) is 11.5 Å². The van der Waals surface area contributed by atoms with Crippen LogP contribution in [0.5, 0.6) is 11.5 Å². The first kappa shape index (κ1) is 13.2. The monoisotopic (exact) mass is 264 g/mol. The predicted molar refractivity (Wildman–Crippen MR) is 67.9 cm³/mol. The summed E-state index contributed by atoms with van der Waals surface area (Å²) in [5.41, 5.74) is -0.0638. The van der Waals surface area contributed by atoms with Gasteiger partial charge in [-0.15, -0.1) is 0 Å². The van der Waals surface area contributed by atoms with Crippen molar-refractivity contribution < 1.29 is 19.8 Å². The molecule has 0 spiro atoms. The highest BCUT2D eigenvalue weighted by Gasteiger charge is 2.26. The van der Waals surface area contributed by atoms with E-state index in [9.17, 15) is 19.8 Å². The minimum absolute atomic E-state index is 0.0638. The molecule has 1 saturated carbocycles. The lowest BCUT2D eigenvalue weighted by Crippen LogP contribution is -2.45. The molecule has 4 N–H and O–H groups in total. The fraction of sp³-hybridized carbons (Fsp3) is 0.385. The molecule has 2 rings (SSSR count). The molecule has 0 heterocycles. The highest BCUT2D eigenvalue weighted by atomic mass is 16.3. The minimum atomic E-state index is -0.699. The van der Waals surface area contributed by atoms with Crippen LogP contribution in [0.25, 0.3) is 0 Å². The van der Waals surface area contributed by atoms with E-state index in [0.29, 0.717) is 0 Å². The Bertz CT molecular complexity index is 511. The molecular weight excluding hydrogens is 248 g/mol. The number of phenols is 2. The van der Waals surface area contributed by atoms with Gasteiger partial charge in [-0.05, 0) is 31.9 Å². The molecule has 0 radical (unpaired) electrons. The Morgan fingerprint density at radius 1 is 1.32 bits per heavy atom. The smallest absolute Gasteiger partial charge is 0.255 e. The Labute approximate surface area is 110 Å². The van der Waals surface area contributed by atoms with Crippen LogP contribution in [0.2, 0.25) is 0 Å². The van der Waals surface area contributed by atoms with Crippen molar-refractivity contribution in [3.63, 3.8) is 0 Å². The molecule has 1 fully saturated rings. The lowest BCUT2D eigenvalue weighted by atomic mass is 10.1. The maximum absolute atomic E-state index is 11.9. The number of para-hydroxylation sites is 1. The third kappa shape index (κ3) is 3.15. The maximum Gasteiger partial charge on any atom is 0.255 e. The van der Waals surface area contributed by atoms with Crippen LogP contribution in [0.4, 0.5) is 0 Å². The van der Waals surface area contributed by atoms with Crippen LogP contribution in [0, 0.1) is 0 Å². The van der Waals surface area contributed by atoms with E-state index < -0.39 is 17.7 Å². The topological polar surface area (TPSA) is 98.7 Å². The molecule has 0 aromatic heterocycles. The first-order valence-electron chi connectivity index (χ1n) is 6.11. The molecule has 1 aliphatic carbocycles. The average molecular weight is 264 g/mol. The van der Waals surface area contributed by atoms with Gasteiger partial charge in [0.2, 0.25) is 5.91 Å². The fourth-order valence-corrected chi connectivity index (χ4v) is 1.61. The second-order valence-corrected chi connectivity index (χ2v) is 4.65. The Kier molecular flexibility index (Phi) is 3.59. The Morgan fingerprint density at radius 3 is 2.63 bits per heavy atom. The summed E-state index contributed by atoms with van der Waals surface area (Å²) in [6.45, 7) is 1.56. The van der Waals surface area contributed by atoms with Gasteiger partial charge in [0, 0.05) is 6.04 Å². The zero-order chi connectivity index (χ0) is 14.0. The van der Waals surface area contributed by atoms with Gasteiger partial charge < -0.3 is 20.8 Å². The Morgan fingerprint density at radius 2 is 2.00 bits per heavy atom. The van der Waals surface area contributed by atoms with Gasteiger partial charge in [0.1, 0.15) is 6.04 Å². The highest BCUT2D eigenvalue weighted by molar-refractivity contribution is 6.00. The van der Waals surface area contributed by atoms with Gasteiger partial charge in [0.15, 0.2) is 11.5 Å². The molecule has 0 aliphatic heterocycles. The van der Waals surface area contributed by atoms with Gasteiger partial charge in [-0.2, -0.15) is 0 Å². The summed E-state index contributed by atoms with van der Waals surface area (Å²) in [5.74, 6) is -1.72. The number of nitrogens with one attached hydrogen (secondary N) is 2. The number of benzene rings is 1. The van der Waals surface area contributed by atoms with Crippen LogP contribution in [-0.4, -0.2) is 34.1 Å². The average Bonchev–Trinajstić information content (AvgIpc) is 3.16. The molecule has 1 aliphatic rings. The van der Waals surface area contributed by atoms with Crippen LogP contribution < -0.4 is 10.6 Å². The molecule has 1 atom stereocenters. The predicted octanol–water partition coefficient (Wildman–Crippen LogP) is 0.495. The Balaban J connectivity index is 1.99. The van der Waals surface area contributed by atoms with Gasteiger partial charge >= 0.3 is 0 Å². The zero-order valence-electron chi connectivity index (χ0n) is 10.5. The van der Waals surface area contributed by atoms with Crippen LogP contribution in [-0.2, 0) is 4.79 Å².